The third-order valence-corrected chi connectivity index (χ3v) is 18.9. The highest BCUT2D eigenvalue weighted by Gasteiger charge is 2.30. The molecule has 0 rings (SSSR count). The van der Waals surface area contributed by atoms with Crippen molar-refractivity contribution in [3.8, 4) is 0 Å². The number of aliphatic hydroxyl groups is 1. The van der Waals surface area contributed by atoms with Gasteiger partial charge in [0.05, 0.1) is 26.4 Å². The van der Waals surface area contributed by atoms with E-state index in [0.717, 1.165) is 141 Å². The van der Waals surface area contributed by atoms with Gasteiger partial charge < -0.3 is 33.8 Å². The van der Waals surface area contributed by atoms with Gasteiger partial charge in [-0.25, -0.2) is 9.13 Å². The van der Waals surface area contributed by atoms with Gasteiger partial charge in [-0.2, -0.15) is 0 Å². The monoisotopic (exact) mass is 1500 g/mol. The minimum absolute atomic E-state index is 0.0309. The number of phosphoric ester groups is 2. The van der Waals surface area contributed by atoms with Crippen LogP contribution in [0.15, 0.2) is 122 Å². The van der Waals surface area contributed by atoms with E-state index in [0.29, 0.717) is 32.1 Å². The van der Waals surface area contributed by atoms with Gasteiger partial charge >= 0.3 is 39.5 Å². The standard InChI is InChI=1S/C85H146O17P2/c1-5-9-13-17-21-25-29-32-35-37-39-41-44-47-51-54-58-62-66-70-83(88)96-76-81(102-85(90)72-68-64-60-56-52-48-45-42-40-38-36-33-30-26-22-18-14-10-6-2)78-100-104(93,94)98-74-79(86)73-97-103(91,92)99-77-80(101-84(89)71-67-63-59-55-49-28-24-20-16-12-8-4)75-95-82(87)69-65-61-57-53-50-46-43-34-31-27-23-19-15-11-7-3/h9-10,13-14,21-22,25-26,32-33,35-36,39-42,47,51,58,62,79-81,86H,5-8,11-12,15-20,23-24,27-31,34,37-38,43-46,48-50,52-57,59-61,63-78H2,1-4H3,(H,91,92)(H,93,94)/b13-9-,14-10-,25-21-,26-22-,35-32-,36-33-,41-39-,42-40-,51-47-,62-58-. The lowest BCUT2D eigenvalue weighted by atomic mass is 10.0. The SMILES string of the molecule is CC/C=C\C/C=C\C/C=C\C/C=C\C/C=C\C/C=C\CCC(=O)OCC(COP(=O)(O)OCC(O)COP(=O)(O)OCC(COC(=O)CCCCCCCCCCCCCCCCC)OC(=O)CCCCCCCCCCCCC)OC(=O)CCCCCCCC/C=C\C/C=C\C/C=C\C/C=C\CC. The van der Waals surface area contributed by atoms with Crippen LogP contribution in [0, 0.1) is 0 Å². The Balaban J connectivity index is 5.40. The molecule has 104 heavy (non-hydrogen) atoms. The molecule has 598 valence electrons. The molecular formula is C85H146O17P2. The fourth-order valence-corrected chi connectivity index (χ4v) is 12.4. The summed E-state index contributed by atoms with van der Waals surface area (Å²) in [4.78, 5) is 73.0. The van der Waals surface area contributed by atoms with Gasteiger partial charge in [0, 0.05) is 25.7 Å². The van der Waals surface area contributed by atoms with E-state index in [2.05, 4.69) is 131 Å². The number of rotatable bonds is 76. The quantitative estimate of drug-likeness (QED) is 0.0169. The first kappa shape index (κ1) is 99.5. The van der Waals surface area contributed by atoms with E-state index < -0.39 is 97.5 Å². The lowest BCUT2D eigenvalue weighted by Crippen LogP contribution is -2.30. The second kappa shape index (κ2) is 76.6. The van der Waals surface area contributed by atoms with Crippen LogP contribution in [0.3, 0.4) is 0 Å². The van der Waals surface area contributed by atoms with Crippen molar-refractivity contribution in [3.05, 3.63) is 122 Å². The molecule has 5 unspecified atom stereocenters. The molecule has 0 aliphatic heterocycles. The van der Waals surface area contributed by atoms with E-state index in [4.69, 9.17) is 37.0 Å². The van der Waals surface area contributed by atoms with Gasteiger partial charge in [0.25, 0.3) is 0 Å². The second-order valence-corrected chi connectivity index (χ2v) is 29.9. The van der Waals surface area contributed by atoms with Crippen molar-refractivity contribution in [2.24, 2.45) is 0 Å². The normalized spacial score (nSPS) is 14.5. The lowest BCUT2D eigenvalue weighted by Gasteiger charge is -2.21. The first-order valence-corrected chi connectivity index (χ1v) is 43.8. The highest BCUT2D eigenvalue weighted by atomic mass is 31.2. The minimum Gasteiger partial charge on any atom is -0.462 e. The van der Waals surface area contributed by atoms with E-state index in [-0.39, 0.29) is 25.7 Å². The molecule has 0 aromatic heterocycles. The number of carbonyl (C=O) groups excluding carboxylic acids is 4. The number of esters is 4. The van der Waals surface area contributed by atoms with Crippen LogP contribution < -0.4 is 0 Å². The fraction of sp³-hybridized carbons (Fsp3) is 0.718. The molecule has 0 bridgehead atoms. The number of allylic oxidation sites excluding steroid dienone is 20. The topological polar surface area (TPSA) is 237 Å². The van der Waals surface area contributed by atoms with Crippen LogP contribution >= 0.6 is 15.6 Å². The Morgan fingerprint density at radius 3 is 0.827 bits per heavy atom. The minimum atomic E-state index is -5.00. The Kier molecular flexibility index (Phi) is 73.3. The van der Waals surface area contributed by atoms with Gasteiger partial charge in [-0.3, -0.25) is 37.3 Å². The van der Waals surface area contributed by atoms with Crippen LogP contribution in [-0.4, -0.2) is 96.7 Å². The molecule has 0 fully saturated rings. The molecule has 0 aromatic rings. The zero-order chi connectivity index (χ0) is 76.0. The number of phosphoric acid groups is 2. The maximum absolute atomic E-state index is 13.1. The third-order valence-electron chi connectivity index (χ3n) is 17.0. The first-order chi connectivity index (χ1) is 50.7. The molecule has 0 saturated carbocycles. The van der Waals surface area contributed by atoms with Gasteiger partial charge in [0.2, 0.25) is 0 Å². The van der Waals surface area contributed by atoms with E-state index in [1.165, 1.54) is 109 Å². The van der Waals surface area contributed by atoms with Gasteiger partial charge in [-0.15, -0.1) is 0 Å². The van der Waals surface area contributed by atoms with Crippen molar-refractivity contribution >= 4 is 39.5 Å². The number of ether oxygens (including phenoxy) is 4. The maximum atomic E-state index is 13.1. The molecule has 0 radical (unpaired) electrons. The van der Waals surface area contributed by atoms with Crippen LogP contribution in [0.5, 0.6) is 0 Å². The molecule has 0 saturated heterocycles. The van der Waals surface area contributed by atoms with Gasteiger partial charge in [0.15, 0.2) is 12.2 Å². The molecule has 19 heteroatoms. The molecule has 0 amide bonds. The summed E-state index contributed by atoms with van der Waals surface area (Å²) in [5.41, 5.74) is 0. The zero-order valence-electron chi connectivity index (χ0n) is 65.4. The highest BCUT2D eigenvalue weighted by Crippen LogP contribution is 2.45. The van der Waals surface area contributed by atoms with Crippen LogP contribution in [0.25, 0.3) is 0 Å². The molecule has 0 aliphatic carbocycles. The average molecular weight is 1500 g/mol. The van der Waals surface area contributed by atoms with Crippen LogP contribution in [0.2, 0.25) is 0 Å². The molecule has 5 atom stereocenters. The van der Waals surface area contributed by atoms with Gasteiger partial charge in [-0.05, 0) is 103 Å². The predicted molar refractivity (Wildman–Crippen MR) is 427 cm³/mol. The average Bonchev–Trinajstić information content (AvgIpc) is 0.928. The summed E-state index contributed by atoms with van der Waals surface area (Å²) in [5, 5.41) is 10.6. The summed E-state index contributed by atoms with van der Waals surface area (Å²) in [7, 11) is -9.98. The van der Waals surface area contributed by atoms with Gasteiger partial charge in [0.1, 0.15) is 19.3 Å². The van der Waals surface area contributed by atoms with E-state index in [1.54, 1.807) is 0 Å². The largest absolute Gasteiger partial charge is 0.472 e. The Morgan fingerprint density at radius 2 is 0.519 bits per heavy atom. The number of hydrogen-bond donors (Lipinski definition) is 3. The summed E-state index contributed by atoms with van der Waals surface area (Å²) in [6, 6.07) is 0. The second-order valence-electron chi connectivity index (χ2n) is 27.0. The molecule has 0 spiro atoms. The van der Waals surface area contributed by atoms with E-state index >= 15 is 0 Å². The smallest absolute Gasteiger partial charge is 0.462 e. The van der Waals surface area contributed by atoms with Crippen molar-refractivity contribution in [2.45, 2.75) is 354 Å². The summed E-state index contributed by atoms with van der Waals surface area (Å²) in [5.74, 6) is -2.27. The van der Waals surface area contributed by atoms with Crippen LogP contribution in [0.4, 0.5) is 0 Å². The summed E-state index contributed by atoms with van der Waals surface area (Å²) in [6.45, 7) is 4.58. The van der Waals surface area contributed by atoms with Crippen LogP contribution in [0.1, 0.15) is 336 Å². The maximum Gasteiger partial charge on any atom is 0.472 e. The van der Waals surface area contributed by atoms with E-state index in [1.807, 2.05) is 18.2 Å². The van der Waals surface area contributed by atoms with Gasteiger partial charge in [-0.1, -0.05) is 329 Å². The summed E-state index contributed by atoms with van der Waals surface area (Å²) < 4.78 is 68.6. The Bertz CT molecular complexity index is 2440. The Morgan fingerprint density at radius 1 is 0.279 bits per heavy atom. The highest BCUT2D eigenvalue weighted by molar-refractivity contribution is 7.47. The van der Waals surface area contributed by atoms with Crippen LogP contribution in [-0.2, 0) is 65.4 Å². The molecule has 17 nitrogen and oxygen atoms in total. The zero-order valence-corrected chi connectivity index (χ0v) is 67.2. The van der Waals surface area contributed by atoms with Crippen molar-refractivity contribution in [2.75, 3.05) is 39.6 Å². The first-order valence-electron chi connectivity index (χ1n) is 40.8. The molecule has 3 N–H and O–H groups in total. The number of aliphatic hydroxyl groups excluding tert-OH is 1. The molecular weight excluding hydrogens is 1350 g/mol. The summed E-state index contributed by atoms with van der Waals surface area (Å²) in [6.07, 6.45) is 84.8. The van der Waals surface area contributed by atoms with E-state index in [9.17, 15) is 43.2 Å². The summed E-state index contributed by atoms with van der Waals surface area (Å²) >= 11 is 0. The third kappa shape index (κ3) is 75.7. The molecule has 0 aliphatic rings. The molecule has 0 heterocycles. The Hall–Kier alpha value is -4.54. The van der Waals surface area contributed by atoms with Crippen molar-refractivity contribution in [3.63, 3.8) is 0 Å². The van der Waals surface area contributed by atoms with Crippen molar-refractivity contribution in [1.82, 2.24) is 0 Å². The Labute approximate surface area is 632 Å². The number of unbranched alkanes of at least 4 members (excludes halogenated alkanes) is 30. The molecule has 0 aromatic carbocycles. The fourth-order valence-electron chi connectivity index (χ4n) is 10.8. The number of carbonyl (C=O) groups is 4. The lowest BCUT2D eigenvalue weighted by molar-refractivity contribution is -0.161. The number of hydrogen-bond acceptors (Lipinski definition) is 15. The van der Waals surface area contributed by atoms with Crippen molar-refractivity contribution in [1.29, 1.82) is 0 Å². The van der Waals surface area contributed by atoms with Crippen molar-refractivity contribution < 1.29 is 80.2 Å². The predicted octanol–water partition coefficient (Wildman–Crippen LogP) is 23.9.